The van der Waals surface area contributed by atoms with Crippen LogP contribution in [-0.2, 0) is 14.3 Å². The first-order chi connectivity index (χ1) is 5.41. The van der Waals surface area contributed by atoms with Gasteiger partial charge in [-0.1, -0.05) is 6.58 Å². The molecule has 1 heterocycles. The number of allylic oxidation sites excluding steroid dienone is 1. The topological polar surface area (TPSA) is 35.5 Å². The van der Waals surface area contributed by atoms with E-state index in [-0.39, 0.29) is 5.97 Å². The maximum atomic E-state index is 11.0. The zero-order valence-electron chi connectivity index (χ0n) is 7.51. The van der Waals surface area contributed by atoms with Gasteiger partial charge in [0.2, 0.25) is 5.79 Å². The molecule has 0 saturated heterocycles. The third-order valence-corrected chi connectivity index (χ3v) is 1.37. The first-order valence-electron chi connectivity index (χ1n) is 3.70. The van der Waals surface area contributed by atoms with Crippen molar-refractivity contribution < 1.29 is 14.3 Å². The monoisotopic (exact) mass is 168 g/mol. The summed E-state index contributed by atoms with van der Waals surface area (Å²) >= 11 is 0. The van der Waals surface area contributed by atoms with Crippen molar-refractivity contribution in [1.29, 1.82) is 0 Å². The fraction of sp³-hybridized carbons (Fsp3) is 0.444. The van der Waals surface area contributed by atoms with Crippen LogP contribution in [0.2, 0.25) is 0 Å². The van der Waals surface area contributed by atoms with Crippen LogP contribution in [-0.4, -0.2) is 11.8 Å². The van der Waals surface area contributed by atoms with Gasteiger partial charge in [0.1, 0.15) is 5.76 Å². The Labute approximate surface area is 71.7 Å². The van der Waals surface area contributed by atoms with Crippen LogP contribution in [0.15, 0.2) is 24.0 Å². The zero-order chi connectivity index (χ0) is 9.35. The summed E-state index contributed by atoms with van der Waals surface area (Å²) < 4.78 is 10.2. The lowest BCUT2D eigenvalue weighted by Crippen LogP contribution is -2.34. The van der Waals surface area contributed by atoms with Crippen molar-refractivity contribution in [3.05, 3.63) is 24.0 Å². The van der Waals surface area contributed by atoms with Crippen LogP contribution >= 0.6 is 0 Å². The molecule has 1 aliphatic rings. The summed E-state index contributed by atoms with van der Waals surface area (Å²) in [5.74, 6) is -0.763. The first-order valence-corrected chi connectivity index (χ1v) is 3.70. The Morgan fingerprint density at radius 1 is 1.50 bits per heavy atom. The molecule has 0 aliphatic carbocycles. The summed E-state index contributed by atoms with van der Waals surface area (Å²) in [7, 11) is 0. The Morgan fingerprint density at radius 3 is 2.50 bits per heavy atom. The second kappa shape index (κ2) is 2.66. The first kappa shape index (κ1) is 8.84. The Morgan fingerprint density at radius 2 is 2.08 bits per heavy atom. The smallest absolute Gasteiger partial charge is 0.337 e. The van der Waals surface area contributed by atoms with Crippen LogP contribution in [0.1, 0.15) is 20.8 Å². The Balaban J connectivity index is 2.91. The van der Waals surface area contributed by atoms with E-state index in [0.29, 0.717) is 5.76 Å². The molecule has 1 rings (SSSR count). The van der Waals surface area contributed by atoms with Crippen LogP contribution < -0.4 is 0 Å². The molecule has 0 fully saturated rings. The minimum atomic E-state index is -0.875. The second-order valence-electron chi connectivity index (χ2n) is 3.21. The molecular formula is C9H12O3. The minimum absolute atomic E-state index is 0.385. The van der Waals surface area contributed by atoms with E-state index < -0.39 is 5.79 Å². The molecule has 0 atom stereocenters. The van der Waals surface area contributed by atoms with Crippen molar-refractivity contribution >= 4 is 5.97 Å². The fourth-order valence-corrected chi connectivity index (χ4v) is 0.904. The standard InChI is InChI=1S/C9H12O3/c1-6(2)7-5-8(10)12-9(3,4)11-7/h5H,1H2,2-4H3. The van der Waals surface area contributed by atoms with Crippen LogP contribution in [0.5, 0.6) is 0 Å². The van der Waals surface area contributed by atoms with E-state index in [4.69, 9.17) is 9.47 Å². The summed E-state index contributed by atoms with van der Waals surface area (Å²) in [6, 6.07) is 0. The van der Waals surface area contributed by atoms with Gasteiger partial charge in [0.25, 0.3) is 0 Å². The molecule has 0 spiro atoms. The number of carbonyl (C=O) groups is 1. The zero-order valence-corrected chi connectivity index (χ0v) is 7.51. The molecule has 0 bridgehead atoms. The van der Waals surface area contributed by atoms with E-state index in [1.165, 1.54) is 6.08 Å². The molecule has 0 aromatic rings. The molecule has 0 radical (unpaired) electrons. The van der Waals surface area contributed by atoms with Crippen molar-refractivity contribution in [2.45, 2.75) is 26.6 Å². The average molecular weight is 168 g/mol. The van der Waals surface area contributed by atoms with Gasteiger partial charge < -0.3 is 9.47 Å². The molecule has 0 aromatic carbocycles. The highest BCUT2D eigenvalue weighted by molar-refractivity contribution is 5.84. The largest absolute Gasteiger partial charge is 0.452 e. The number of hydrogen-bond acceptors (Lipinski definition) is 3. The van der Waals surface area contributed by atoms with Crippen molar-refractivity contribution in [3.8, 4) is 0 Å². The third-order valence-electron chi connectivity index (χ3n) is 1.37. The summed E-state index contributed by atoms with van der Waals surface area (Å²) in [5, 5.41) is 0. The number of rotatable bonds is 1. The van der Waals surface area contributed by atoms with Gasteiger partial charge in [-0.25, -0.2) is 4.79 Å². The van der Waals surface area contributed by atoms with Gasteiger partial charge in [-0.3, -0.25) is 0 Å². The van der Waals surface area contributed by atoms with Gasteiger partial charge in [0.15, 0.2) is 0 Å². The van der Waals surface area contributed by atoms with E-state index in [1.54, 1.807) is 20.8 Å². The Kier molecular flexibility index (Phi) is 1.96. The van der Waals surface area contributed by atoms with Crippen LogP contribution in [0.3, 0.4) is 0 Å². The highest BCUT2D eigenvalue weighted by atomic mass is 16.7. The van der Waals surface area contributed by atoms with E-state index in [2.05, 4.69) is 6.58 Å². The van der Waals surface area contributed by atoms with Crippen molar-refractivity contribution in [2.24, 2.45) is 0 Å². The van der Waals surface area contributed by atoms with E-state index in [1.807, 2.05) is 0 Å². The Hall–Kier alpha value is -1.25. The van der Waals surface area contributed by atoms with Gasteiger partial charge >= 0.3 is 5.97 Å². The summed E-state index contributed by atoms with van der Waals surface area (Å²) in [4.78, 5) is 11.0. The molecule has 0 aromatic heterocycles. The molecule has 66 valence electrons. The summed E-state index contributed by atoms with van der Waals surface area (Å²) in [6.45, 7) is 8.82. The molecular weight excluding hydrogens is 156 g/mol. The lowest BCUT2D eigenvalue weighted by Gasteiger charge is -2.30. The van der Waals surface area contributed by atoms with Crippen LogP contribution in [0.25, 0.3) is 0 Å². The second-order valence-corrected chi connectivity index (χ2v) is 3.21. The number of ether oxygens (including phenoxy) is 2. The normalized spacial score (nSPS) is 20.6. The molecule has 3 nitrogen and oxygen atoms in total. The maximum Gasteiger partial charge on any atom is 0.337 e. The highest BCUT2D eigenvalue weighted by Gasteiger charge is 2.29. The quantitative estimate of drug-likeness (QED) is 0.559. The van der Waals surface area contributed by atoms with Gasteiger partial charge in [0, 0.05) is 13.8 Å². The molecule has 0 saturated carbocycles. The van der Waals surface area contributed by atoms with Gasteiger partial charge in [-0.05, 0) is 12.5 Å². The summed E-state index contributed by atoms with van der Waals surface area (Å²) in [5.41, 5.74) is 0.722. The van der Waals surface area contributed by atoms with Crippen molar-refractivity contribution in [1.82, 2.24) is 0 Å². The van der Waals surface area contributed by atoms with Crippen LogP contribution in [0.4, 0.5) is 0 Å². The molecule has 3 heteroatoms. The number of esters is 1. The molecule has 0 N–H and O–H groups in total. The fourth-order valence-electron chi connectivity index (χ4n) is 0.904. The molecule has 0 amide bonds. The van der Waals surface area contributed by atoms with Crippen molar-refractivity contribution in [3.63, 3.8) is 0 Å². The number of carbonyl (C=O) groups excluding carboxylic acids is 1. The third kappa shape index (κ3) is 1.87. The SMILES string of the molecule is C=C(C)C1=CC(=O)OC(C)(C)O1. The van der Waals surface area contributed by atoms with Crippen molar-refractivity contribution in [2.75, 3.05) is 0 Å². The average Bonchev–Trinajstić information content (AvgIpc) is 1.82. The van der Waals surface area contributed by atoms with Gasteiger partial charge in [-0.2, -0.15) is 0 Å². The van der Waals surface area contributed by atoms with Gasteiger partial charge in [0.05, 0.1) is 6.08 Å². The van der Waals surface area contributed by atoms with E-state index >= 15 is 0 Å². The predicted octanol–water partition coefficient (Wildman–Crippen LogP) is 1.76. The number of cyclic esters (lactones) is 1. The number of hydrogen-bond donors (Lipinski definition) is 0. The van der Waals surface area contributed by atoms with Crippen LogP contribution in [0, 0.1) is 0 Å². The minimum Gasteiger partial charge on any atom is -0.452 e. The predicted molar refractivity (Wildman–Crippen MR) is 44.2 cm³/mol. The molecule has 0 unspecified atom stereocenters. The lowest BCUT2D eigenvalue weighted by atomic mass is 10.2. The Bertz CT molecular complexity index is 261. The molecule has 12 heavy (non-hydrogen) atoms. The van der Waals surface area contributed by atoms with Gasteiger partial charge in [-0.15, -0.1) is 0 Å². The maximum absolute atomic E-state index is 11.0. The van der Waals surface area contributed by atoms with E-state index in [9.17, 15) is 4.79 Å². The summed E-state index contributed by atoms with van der Waals surface area (Å²) in [6.07, 6.45) is 1.30. The highest BCUT2D eigenvalue weighted by Crippen LogP contribution is 2.25. The van der Waals surface area contributed by atoms with E-state index in [0.717, 1.165) is 5.57 Å². The lowest BCUT2D eigenvalue weighted by molar-refractivity contribution is -0.203. The molecule has 1 aliphatic heterocycles.